The number of sulfone groups is 1. The van der Waals surface area contributed by atoms with Crippen molar-refractivity contribution in [3.63, 3.8) is 0 Å². The van der Waals surface area contributed by atoms with Crippen molar-refractivity contribution in [2.45, 2.75) is 10.6 Å². The number of nitrogens with two attached hydrogens (primary N) is 1. The maximum Gasteiger partial charge on any atom is 0.184 e. The third kappa shape index (κ3) is 3.20. The van der Waals surface area contributed by atoms with Crippen molar-refractivity contribution in [3.8, 4) is 0 Å². The van der Waals surface area contributed by atoms with Crippen molar-refractivity contribution in [2.75, 3.05) is 5.73 Å². The third-order valence-corrected chi connectivity index (χ3v) is 5.51. The zero-order chi connectivity index (χ0) is 14.9. The van der Waals surface area contributed by atoms with E-state index in [2.05, 4.69) is 0 Å². The van der Waals surface area contributed by atoms with Crippen LogP contribution in [0, 0.1) is 0 Å². The molecule has 2 aromatic carbocycles. The Bertz CT molecular complexity index is 740. The summed E-state index contributed by atoms with van der Waals surface area (Å²) >= 11 is 17.9. The van der Waals surface area contributed by atoms with Gasteiger partial charge in [0.05, 0.1) is 15.7 Å². The fourth-order valence-corrected chi connectivity index (χ4v) is 4.42. The van der Waals surface area contributed by atoms with Crippen molar-refractivity contribution < 1.29 is 8.42 Å². The second kappa shape index (κ2) is 5.82. The number of benzene rings is 2. The quantitative estimate of drug-likeness (QED) is 0.844. The number of rotatable bonds is 3. The molecule has 0 aliphatic rings. The Morgan fingerprint density at radius 3 is 2.10 bits per heavy atom. The summed E-state index contributed by atoms with van der Waals surface area (Å²) in [5, 5.41) is 0.675. The lowest BCUT2D eigenvalue weighted by Crippen LogP contribution is -2.07. The third-order valence-electron chi connectivity index (χ3n) is 2.69. The molecule has 0 radical (unpaired) electrons. The van der Waals surface area contributed by atoms with Crippen LogP contribution in [0.4, 0.5) is 5.69 Å². The minimum atomic E-state index is -3.66. The molecule has 2 N–H and O–H groups in total. The van der Waals surface area contributed by atoms with Gasteiger partial charge < -0.3 is 5.73 Å². The van der Waals surface area contributed by atoms with Crippen molar-refractivity contribution in [1.29, 1.82) is 0 Å². The fourth-order valence-electron chi connectivity index (χ4n) is 1.71. The molecule has 2 aromatic rings. The highest BCUT2D eigenvalue weighted by molar-refractivity contribution is 7.90. The molecule has 0 fully saturated rings. The summed E-state index contributed by atoms with van der Waals surface area (Å²) in [5.74, 6) is -0.324. The lowest BCUT2D eigenvalue weighted by molar-refractivity contribution is 0.595. The maximum atomic E-state index is 12.4. The van der Waals surface area contributed by atoms with Gasteiger partial charge in [0.1, 0.15) is 0 Å². The van der Waals surface area contributed by atoms with Gasteiger partial charge >= 0.3 is 0 Å². The number of hydrogen-bond donors (Lipinski definition) is 1. The normalized spacial score (nSPS) is 11.6. The molecule has 2 rings (SSSR count). The van der Waals surface area contributed by atoms with Crippen LogP contribution >= 0.6 is 34.8 Å². The number of nitrogen functional groups attached to an aromatic ring is 1. The van der Waals surface area contributed by atoms with Crippen LogP contribution in [0.15, 0.2) is 41.3 Å². The predicted molar refractivity (Wildman–Crippen MR) is 83.2 cm³/mol. The van der Waals surface area contributed by atoms with E-state index in [0.29, 0.717) is 21.3 Å². The Kier molecular flexibility index (Phi) is 4.49. The van der Waals surface area contributed by atoms with Crippen molar-refractivity contribution >= 4 is 50.3 Å². The second-order valence-electron chi connectivity index (χ2n) is 4.15. The van der Waals surface area contributed by atoms with Crippen molar-refractivity contribution in [2.24, 2.45) is 0 Å². The van der Waals surface area contributed by atoms with Gasteiger partial charge in [-0.25, -0.2) is 8.42 Å². The van der Waals surface area contributed by atoms with E-state index in [1.807, 2.05) is 0 Å². The first-order valence-electron chi connectivity index (χ1n) is 5.52. The van der Waals surface area contributed by atoms with Gasteiger partial charge in [-0.05, 0) is 30.3 Å². The number of hydrogen-bond acceptors (Lipinski definition) is 3. The number of halogens is 3. The molecular formula is C13H10Cl3NO2S. The molecule has 0 atom stereocenters. The zero-order valence-corrected chi connectivity index (χ0v) is 13.2. The molecule has 106 valence electrons. The highest BCUT2D eigenvalue weighted by atomic mass is 35.5. The maximum absolute atomic E-state index is 12.4. The molecule has 0 saturated heterocycles. The van der Waals surface area contributed by atoms with E-state index in [1.165, 1.54) is 18.2 Å². The summed E-state index contributed by atoms with van der Waals surface area (Å²) in [6.45, 7) is 0. The summed E-state index contributed by atoms with van der Waals surface area (Å²) in [5.41, 5.74) is 6.29. The van der Waals surface area contributed by atoms with Gasteiger partial charge in [-0.15, -0.1) is 0 Å². The lowest BCUT2D eigenvalue weighted by Gasteiger charge is -2.10. The molecule has 0 saturated carbocycles. The van der Waals surface area contributed by atoms with Gasteiger partial charge in [0.25, 0.3) is 0 Å². The first-order chi connectivity index (χ1) is 9.31. The Hall–Kier alpha value is -0.940. The Labute approximate surface area is 132 Å². The van der Waals surface area contributed by atoms with E-state index in [9.17, 15) is 8.42 Å². The Morgan fingerprint density at radius 1 is 0.950 bits per heavy atom. The van der Waals surface area contributed by atoms with Gasteiger partial charge in [-0.3, -0.25) is 0 Å². The van der Waals surface area contributed by atoms with E-state index in [-0.39, 0.29) is 15.7 Å². The van der Waals surface area contributed by atoms with Gasteiger partial charge in [-0.1, -0.05) is 40.9 Å². The van der Waals surface area contributed by atoms with Crippen molar-refractivity contribution in [3.05, 3.63) is 57.0 Å². The Morgan fingerprint density at radius 2 is 1.55 bits per heavy atom. The summed E-state index contributed by atoms with van der Waals surface area (Å²) in [6, 6.07) is 9.07. The molecule has 0 bridgehead atoms. The van der Waals surface area contributed by atoms with Crippen LogP contribution in [0.1, 0.15) is 5.56 Å². The van der Waals surface area contributed by atoms with Crippen LogP contribution in [-0.4, -0.2) is 8.42 Å². The zero-order valence-electron chi connectivity index (χ0n) is 10.1. The van der Waals surface area contributed by atoms with Crippen LogP contribution in [0.25, 0.3) is 0 Å². The molecule has 7 heteroatoms. The summed E-state index contributed by atoms with van der Waals surface area (Å²) in [6.07, 6.45) is 0. The van der Waals surface area contributed by atoms with E-state index < -0.39 is 9.84 Å². The minimum Gasteiger partial charge on any atom is -0.399 e. The molecule has 0 aliphatic carbocycles. The van der Waals surface area contributed by atoms with Gasteiger partial charge in [0, 0.05) is 21.3 Å². The van der Waals surface area contributed by atoms with Crippen LogP contribution in [0.3, 0.4) is 0 Å². The fraction of sp³-hybridized carbons (Fsp3) is 0.0769. The minimum absolute atomic E-state index is 0.00403. The molecule has 0 aliphatic heterocycles. The van der Waals surface area contributed by atoms with E-state index >= 15 is 0 Å². The van der Waals surface area contributed by atoms with Gasteiger partial charge in [-0.2, -0.15) is 0 Å². The first kappa shape index (κ1) is 15.4. The molecular weight excluding hydrogens is 341 g/mol. The summed E-state index contributed by atoms with van der Waals surface area (Å²) in [7, 11) is -3.66. The highest BCUT2D eigenvalue weighted by Gasteiger charge is 2.21. The number of anilines is 1. The largest absolute Gasteiger partial charge is 0.399 e. The molecule has 0 heterocycles. The first-order valence-corrected chi connectivity index (χ1v) is 8.30. The molecule has 0 spiro atoms. The van der Waals surface area contributed by atoms with E-state index in [1.54, 1.807) is 18.2 Å². The predicted octanol–water partition coefficient (Wildman–Crippen LogP) is 4.20. The van der Waals surface area contributed by atoms with E-state index in [0.717, 1.165) is 0 Å². The summed E-state index contributed by atoms with van der Waals surface area (Å²) in [4.78, 5) is 0.00403. The smallest absolute Gasteiger partial charge is 0.184 e. The topological polar surface area (TPSA) is 60.2 Å². The van der Waals surface area contributed by atoms with Crippen LogP contribution in [-0.2, 0) is 15.6 Å². The summed E-state index contributed by atoms with van der Waals surface area (Å²) < 4.78 is 24.8. The van der Waals surface area contributed by atoms with Gasteiger partial charge in [0.2, 0.25) is 0 Å². The molecule has 20 heavy (non-hydrogen) atoms. The Balaban J connectivity index is 2.46. The standard InChI is InChI=1S/C13H10Cl3NO2S/c14-10-2-1-3-11(15)9(10)7-20(18,19)13-5-4-8(17)6-12(13)16/h1-6H,7,17H2. The van der Waals surface area contributed by atoms with Gasteiger partial charge in [0.15, 0.2) is 9.84 Å². The molecule has 0 aromatic heterocycles. The van der Waals surface area contributed by atoms with Crippen LogP contribution < -0.4 is 5.73 Å². The highest BCUT2D eigenvalue weighted by Crippen LogP contribution is 2.31. The van der Waals surface area contributed by atoms with Crippen LogP contribution in [0.2, 0.25) is 15.1 Å². The molecule has 3 nitrogen and oxygen atoms in total. The monoisotopic (exact) mass is 349 g/mol. The SMILES string of the molecule is Nc1ccc(S(=O)(=O)Cc2c(Cl)cccc2Cl)c(Cl)c1. The molecule has 0 unspecified atom stereocenters. The average molecular weight is 351 g/mol. The lowest BCUT2D eigenvalue weighted by atomic mass is 10.2. The van der Waals surface area contributed by atoms with E-state index in [4.69, 9.17) is 40.5 Å². The second-order valence-corrected chi connectivity index (χ2v) is 7.33. The average Bonchev–Trinajstić information content (AvgIpc) is 2.33. The van der Waals surface area contributed by atoms with Crippen molar-refractivity contribution in [1.82, 2.24) is 0 Å². The van der Waals surface area contributed by atoms with Crippen LogP contribution in [0.5, 0.6) is 0 Å². The molecule has 0 amide bonds.